The summed E-state index contributed by atoms with van der Waals surface area (Å²) in [5.74, 6) is 0.0716. The highest BCUT2D eigenvalue weighted by Gasteiger charge is 2.40. The molecule has 1 saturated heterocycles. The summed E-state index contributed by atoms with van der Waals surface area (Å²) in [5.41, 5.74) is 0. The molecule has 0 aromatic heterocycles. The van der Waals surface area contributed by atoms with Gasteiger partial charge in [0.15, 0.2) is 0 Å². The summed E-state index contributed by atoms with van der Waals surface area (Å²) in [6.45, 7) is 2.31. The largest absolute Gasteiger partial charge is 0.334 e. The Morgan fingerprint density at radius 2 is 2.07 bits per heavy atom. The van der Waals surface area contributed by atoms with Crippen LogP contribution in [0.4, 0.5) is 4.79 Å². The fourth-order valence-electron chi connectivity index (χ4n) is 2.44. The van der Waals surface area contributed by atoms with Crippen LogP contribution in [0.1, 0.15) is 32.6 Å². The maximum Gasteiger partial charge on any atom is 0.324 e. The van der Waals surface area contributed by atoms with E-state index in [1.165, 1.54) is 4.90 Å². The van der Waals surface area contributed by atoms with Gasteiger partial charge >= 0.3 is 6.03 Å². The number of carbonyl (C=O) groups is 2. The Kier molecular flexibility index (Phi) is 2.44. The van der Waals surface area contributed by atoms with Gasteiger partial charge in [-0.2, -0.15) is 0 Å². The first kappa shape index (κ1) is 9.49. The van der Waals surface area contributed by atoms with Crippen LogP contribution >= 0.6 is 0 Å². The number of carbonyl (C=O) groups excluding carboxylic acids is 2. The van der Waals surface area contributed by atoms with E-state index >= 15 is 0 Å². The number of imide groups is 1. The van der Waals surface area contributed by atoms with Gasteiger partial charge in [0, 0.05) is 12.6 Å². The van der Waals surface area contributed by atoms with Gasteiger partial charge < -0.3 is 5.32 Å². The highest BCUT2D eigenvalue weighted by Crippen LogP contribution is 2.28. The fraction of sp³-hybridized carbons (Fsp3) is 0.800. The predicted octanol–water partition coefficient (Wildman–Crippen LogP) is 1.12. The van der Waals surface area contributed by atoms with E-state index in [0.29, 0.717) is 6.54 Å². The molecule has 1 saturated carbocycles. The first-order valence-electron chi connectivity index (χ1n) is 5.36. The molecule has 1 heterocycles. The second-order valence-corrected chi connectivity index (χ2v) is 4.03. The molecular formula is C10H16N2O2. The third-order valence-corrected chi connectivity index (χ3v) is 3.22. The Bertz CT molecular complexity index is 265. The average molecular weight is 196 g/mol. The van der Waals surface area contributed by atoms with Crippen LogP contribution in [0, 0.1) is 5.92 Å². The Morgan fingerprint density at radius 3 is 2.79 bits per heavy atom. The molecule has 1 aliphatic carbocycles. The lowest BCUT2D eigenvalue weighted by Crippen LogP contribution is -2.60. The van der Waals surface area contributed by atoms with Crippen LogP contribution in [0.25, 0.3) is 0 Å². The molecule has 0 spiro atoms. The molecule has 2 unspecified atom stereocenters. The first-order chi connectivity index (χ1) is 6.74. The van der Waals surface area contributed by atoms with Crippen molar-refractivity contribution < 1.29 is 9.59 Å². The lowest BCUT2D eigenvalue weighted by atomic mass is 9.82. The van der Waals surface area contributed by atoms with Crippen LogP contribution in [0.15, 0.2) is 0 Å². The number of nitrogens with one attached hydrogen (secondary N) is 1. The van der Waals surface area contributed by atoms with E-state index in [9.17, 15) is 9.59 Å². The molecule has 3 amide bonds. The SMILES string of the molecule is CCN1C(=O)NC2CCCCC2C1=O. The van der Waals surface area contributed by atoms with Gasteiger partial charge in [0.2, 0.25) is 5.91 Å². The van der Waals surface area contributed by atoms with Crippen molar-refractivity contribution in [2.75, 3.05) is 6.54 Å². The Labute approximate surface area is 83.6 Å². The van der Waals surface area contributed by atoms with E-state index in [-0.39, 0.29) is 23.9 Å². The number of amides is 3. The summed E-state index contributed by atoms with van der Waals surface area (Å²) in [4.78, 5) is 24.7. The van der Waals surface area contributed by atoms with E-state index in [1.54, 1.807) is 0 Å². The summed E-state index contributed by atoms with van der Waals surface area (Å²) in [7, 11) is 0. The summed E-state index contributed by atoms with van der Waals surface area (Å²) in [6, 6.07) is -0.104. The zero-order chi connectivity index (χ0) is 10.1. The van der Waals surface area contributed by atoms with Gasteiger partial charge in [-0.15, -0.1) is 0 Å². The monoisotopic (exact) mass is 196 g/mol. The number of rotatable bonds is 1. The molecule has 0 aromatic carbocycles. The lowest BCUT2D eigenvalue weighted by Gasteiger charge is -2.39. The Balaban J connectivity index is 2.16. The van der Waals surface area contributed by atoms with Crippen LogP contribution < -0.4 is 5.32 Å². The summed E-state index contributed by atoms with van der Waals surface area (Å²) in [5, 5.41) is 2.92. The van der Waals surface area contributed by atoms with Crippen LogP contribution in [0.2, 0.25) is 0 Å². The van der Waals surface area contributed by atoms with Crippen molar-refractivity contribution in [3.05, 3.63) is 0 Å². The molecule has 1 aliphatic heterocycles. The van der Waals surface area contributed by atoms with Crippen molar-refractivity contribution in [2.24, 2.45) is 5.92 Å². The normalized spacial score (nSPS) is 32.5. The van der Waals surface area contributed by atoms with E-state index in [0.717, 1.165) is 25.7 Å². The van der Waals surface area contributed by atoms with Crippen molar-refractivity contribution >= 4 is 11.9 Å². The van der Waals surface area contributed by atoms with Gasteiger partial charge in [0.25, 0.3) is 0 Å². The minimum atomic E-state index is -0.208. The average Bonchev–Trinajstić information content (AvgIpc) is 2.18. The van der Waals surface area contributed by atoms with Gasteiger partial charge in [0.05, 0.1) is 5.92 Å². The van der Waals surface area contributed by atoms with Crippen molar-refractivity contribution in [1.82, 2.24) is 10.2 Å². The van der Waals surface area contributed by atoms with Gasteiger partial charge in [-0.25, -0.2) is 4.79 Å². The van der Waals surface area contributed by atoms with Crippen LogP contribution in [-0.2, 0) is 4.79 Å². The molecule has 0 bridgehead atoms. The first-order valence-corrected chi connectivity index (χ1v) is 5.36. The zero-order valence-corrected chi connectivity index (χ0v) is 8.45. The quantitative estimate of drug-likeness (QED) is 0.683. The van der Waals surface area contributed by atoms with Crippen LogP contribution in [-0.4, -0.2) is 29.4 Å². The molecule has 4 nitrogen and oxygen atoms in total. The zero-order valence-electron chi connectivity index (χ0n) is 8.45. The highest BCUT2D eigenvalue weighted by molar-refractivity contribution is 5.98. The maximum absolute atomic E-state index is 11.9. The van der Waals surface area contributed by atoms with Crippen molar-refractivity contribution in [1.29, 1.82) is 0 Å². The van der Waals surface area contributed by atoms with E-state index in [4.69, 9.17) is 0 Å². The molecule has 1 N–H and O–H groups in total. The van der Waals surface area contributed by atoms with Crippen molar-refractivity contribution in [3.8, 4) is 0 Å². The van der Waals surface area contributed by atoms with Gasteiger partial charge in [-0.05, 0) is 19.8 Å². The number of hydrogen-bond donors (Lipinski definition) is 1. The van der Waals surface area contributed by atoms with Crippen molar-refractivity contribution in [2.45, 2.75) is 38.6 Å². The molecule has 2 atom stereocenters. The van der Waals surface area contributed by atoms with E-state index < -0.39 is 0 Å². The highest BCUT2D eigenvalue weighted by atomic mass is 16.2. The maximum atomic E-state index is 11.9. The Hall–Kier alpha value is -1.06. The van der Waals surface area contributed by atoms with Crippen LogP contribution in [0.3, 0.4) is 0 Å². The molecule has 4 heteroatoms. The summed E-state index contributed by atoms with van der Waals surface area (Å²) in [6.07, 6.45) is 4.13. The second kappa shape index (κ2) is 3.59. The molecule has 0 aromatic rings. The standard InChI is InChI=1S/C10H16N2O2/c1-2-12-9(13)7-5-3-4-6-8(7)11-10(12)14/h7-8H,2-6H2,1H3,(H,11,14). The van der Waals surface area contributed by atoms with Crippen LogP contribution in [0.5, 0.6) is 0 Å². The third kappa shape index (κ3) is 1.38. The van der Waals surface area contributed by atoms with Crippen molar-refractivity contribution in [3.63, 3.8) is 0 Å². The second-order valence-electron chi connectivity index (χ2n) is 4.03. The van der Waals surface area contributed by atoms with E-state index in [1.807, 2.05) is 6.92 Å². The molecule has 2 aliphatic rings. The molecule has 2 fully saturated rings. The number of fused-ring (bicyclic) bond motifs is 1. The predicted molar refractivity (Wildman–Crippen MR) is 51.7 cm³/mol. The number of hydrogen-bond acceptors (Lipinski definition) is 2. The van der Waals surface area contributed by atoms with Gasteiger partial charge in [-0.3, -0.25) is 9.69 Å². The van der Waals surface area contributed by atoms with Gasteiger partial charge in [-0.1, -0.05) is 12.8 Å². The third-order valence-electron chi connectivity index (χ3n) is 3.22. The molecular weight excluding hydrogens is 180 g/mol. The molecule has 78 valence electrons. The fourth-order valence-corrected chi connectivity index (χ4v) is 2.44. The summed E-state index contributed by atoms with van der Waals surface area (Å²) < 4.78 is 0. The Morgan fingerprint density at radius 1 is 1.36 bits per heavy atom. The topological polar surface area (TPSA) is 49.4 Å². The van der Waals surface area contributed by atoms with Gasteiger partial charge in [0.1, 0.15) is 0 Å². The smallest absolute Gasteiger partial charge is 0.324 e. The molecule has 14 heavy (non-hydrogen) atoms. The lowest BCUT2D eigenvalue weighted by molar-refractivity contribution is -0.136. The molecule has 2 rings (SSSR count). The molecule has 0 radical (unpaired) electrons. The van der Waals surface area contributed by atoms with E-state index in [2.05, 4.69) is 5.32 Å². The minimum absolute atomic E-state index is 0.0287. The number of nitrogens with zero attached hydrogens (tertiary/aromatic N) is 1. The number of urea groups is 1. The summed E-state index contributed by atoms with van der Waals surface area (Å²) >= 11 is 0. The minimum Gasteiger partial charge on any atom is -0.334 e.